The number of carbonyl (C=O) groups excluding carboxylic acids is 3. The first-order valence-electron chi connectivity index (χ1n) is 9.73. The zero-order valence-electron chi connectivity index (χ0n) is 18.0. The molecule has 0 bridgehead atoms. The fraction of sp³-hybridized carbons (Fsp3) is 0.348. The number of hydrogen-bond acceptors (Lipinski definition) is 6. The summed E-state index contributed by atoms with van der Waals surface area (Å²) in [6, 6.07) is 9.28. The molecule has 0 spiro atoms. The molecule has 31 heavy (non-hydrogen) atoms. The van der Waals surface area contributed by atoms with E-state index in [-0.39, 0.29) is 22.7 Å². The summed E-state index contributed by atoms with van der Waals surface area (Å²) in [5.74, 6) is -1.56. The van der Waals surface area contributed by atoms with Crippen molar-refractivity contribution in [1.29, 1.82) is 0 Å². The van der Waals surface area contributed by atoms with Gasteiger partial charge in [0.2, 0.25) is 5.91 Å². The number of nitrogens with zero attached hydrogens (tertiary/aromatic N) is 1. The Morgan fingerprint density at radius 2 is 1.68 bits per heavy atom. The second-order valence-corrected chi connectivity index (χ2v) is 9.42. The van der Waals surface area contributed by atoms with E-state index in [0.717, 1.165) is 11.1 Å². The molecule has 1 aliphatic rings. The Kier molecular flexibility index (Phi) is 6.40. The van der Waals surface area contributed by atoms with Gasteiger partial charge < -0.3 is 0 Å². The maximum Gasteiger partial charge on any atom is 0.386 e. The number of hydrogen-bond donors (Lipinski definition) is 0. The molecule has 0 radical (unpaired) electrons. The molecule has 1 amide bonds. The first-order valence-corrected chi connectivity index (χ1v) is 10.8. The van der Waals surface area contributed by atoms with Crippen molar-refractivity contribution in [3.05, 3.63) is 64.5 Å². The third-order valence-electron chi connectivity index (χ3n) is 5.07. The second kappa shape index (κ2) is 8.70. The van der Waals surface area contributed by atoms with Crippen molar-refractivity contribution in [3.8, 4) is 0 Å². The molecule has 1 fully saturated rings. The van der Waals surface area contributed by atoms with E-state index < -0.39 is 17.4 Å². The summed E-state index contributed by atoms with van der Waals surface area (Å²) in [6.45, 7) is 8.49. The SMILES string of the molecule is Cc1c(C(=O)OOC(=O)C(C)(C)C)ccc(N2C(=O)CSC2c2ccc(F)cc2)c1C. The van der Waals surface area contributed by atoms with E-state index in [1.807, 2.05) is 0 Å². The summed E-state index contributed by atoms with van der Waals surface area (Å²) in [5.41, 5.74) is 2.23. The summed E-state index contributed by atoms with van der Waals surface area (Å²) in [6.07, 6.45) is 0. The molecule has 3 rings (SSSR count). The lowest BCUT2D eigenvalue weighted by molar-refractivity contribution is -0.242. The molecule has 6 nitrogen and oxygen atoms in total. The Bertz CT molecular complexity index is 1030. The van der Waals surface area contributed by atoms with Crippen LogP contribution in [0.25, 0.3) is 0 Å². The Morgan fingerprint density at radius 1 is 1.03 bits per heavy atom. The molecular weight excluding hydrogens is 421 g/mol. The molecule has 0 aromatic heterocycles. The molecule has 2 aromatic rings. The van der Waals surface area contributed by atoms with E-state index in [4.69, 9.17) is 4.89 Å². The lowest BCUT2D eigenvalue weighted by Gasteiger charge is -2.27. The predicted molar refractivity (Wildman–Crippen MR) is 116 cm³/mol. The third kappa shape index (κ3) is 4.74. The topological polar surface area (TPSA) is 72.9 Å². The van der Waals surface area contributed by atoms with Gasteiger partial charge in [0.15, 0.2) is 0 Å². The molecule has 1 heterocycles. The smallest absolute Gasteiger partial charge is 0.295 e. The summed E-state index contributed by atoms with van der Waals surface area (Å²) < 4.78 is 13.3. The Labute approximate surface area is 184 Å². The largest absolute Gasteiger partial charge is 0.386 e. The Morgan fingerprint density at radius 3 is 2.29 bits per heavy atom. The number of thioether (sulfide) groups is 1. The number of halogens is 1. The van der Waals surface area contributed by atoms with Crippen molar-refractivity contribution >= 4 is 35.3 Å². The van der Waals surface area contributed by atoms with Crippen molar-refractivity contribution in [3.63, 3.8) is 0 Å². The van der Waals surface area contributed by atoms with Crippen molar-refractivity contribution in [1.82, 2.24) is 0 Å². The molecule has 1 unspecified atom stereocenters. The van der Waals surface area contributed by atoms with Gasteiger partial charge in [0.1, 0.15) is 11.2 Å². The maximum atomic E-state index is 13.3. The van der Waals surface area contributed by atoms with Gasteiger partial charge in [-0.2, -0.15) is 0 Å². The van der Waals surface area contributed by atoms with Crippen LogP contribution in [0.3, 0.4) is 0 Å². The predicted octanol–water partition coefficient (Wildman–Crippen LogP) is 4.88. The van der Waals surface area contributed by atoms with Gasteiger partial charge in [-0.3, -0.25) is 9.69 Å². The van der Waals surface area contributed by atoms with Crippen molar-refractivity contribution in [2.75, 3.05) is 10.7 Å². The van der Waals surface area contributed by atoms with Gasteiger partial charge in [-0.05, 0) is 75.6 Å². The highest BCUT2D eigenvalue weighted by molar-refractivity contribution is 8.00. The van der Waals surface area contributed by atoms with Crippen molar-refractivity contribution in [2.45, 2.75) is 40.0 Å². The Hall–Kier alpha value is -2.87. The number of benzene rings is 2. The minimum absolute atomic E-state index is 0.0729. The van der Waals surface area contributed by atoms with E-state index in [1.54, 1.807) is 63.8 Å². The average molecular weight is 446 g/mol. The molecule has 8 heteroatoms. The van der Waals surface area contributed by atoms with Crippen LogP contribution in [0.2, 0.25) is 0 Å². The van der Waals surface area contributed by atoms with Crippen LogP contribution in [-0.2, 0) is 19.4 Å². The summed E-state index contributed by atoms with van der Waals surface area (Å²) in [7, 11) is 0. The van der Waals surface area contributed by atoms with E-state index in [1.165, 1.54) is 23.9 Å². The highest BCUT2D eigenvalue weighted by atomic mass is 32.2. The molecule has 1 atom stereocenters. The van der Waals surface area contributed by atoms with Crippen LogP contribution < -0.4 is 4.90 Å². The molecule has 1 aliphatic heterocycles. The van der Waals surface area contributed by atoms with Gasteiger partial charge in [0, 0.05) is 5.69 Å². The van der Waals surface area contributed by atoms with Gasteiger partial charge in [-0.15, -0.1) is 11.8 Å². The Balaban J connectivity index is 1.87. The third-order valence-corrected chi connectivity index (χ3v) is 6.28. The van der Waals surface area contributed by atoms with Crippen LogP contribution in [0.4, 0.5) is 10.1 Å². The first kappa shape index (κ1) is 22.8. The van der Waals surface area contributed by atoms with E-state index >= 15 is 0 Å². The number of carbonyl (C=O) groups is 3. The molecule has 1 saturated heterocycles. The maximum absolute atomic E-state index is 13.3. The minimum Gasteiger partial charge on any atom is -0.295 e. The molecule has 0 aliphatic carbocycles. The quantitative estimate of drug-likeness (QED) is 0.495. The van der Waals surface area contributed by atoms with Gasteiger partial charge in [-0.1, -0.05) is 12.1 Å². The lowest BCUT2D eigenvalue weighted by atomic mass is 9.98. The number of rotatable bonds is 3. The zero-order valence-corrected chi connectivity index (χ0v) is 18.8. The molecular formula is C23H24FNO5S. The molecule has 0 N–H and O–H groups in total. The van der Waals surface area contributed by atoms with Gasteiger partial charge in [0.25, 0.3) is 0 Å². The van der Waals surface area contributed by atoms with Crippen molar-refractivity contribution in [2.24, 2.45) is 5.41 Å². The zero-order chi connectivity index (χ0) is 22.9. The van der Waals surface area contributed by atoms with E-state index in [9.17, 15) is 18.8 Å². The highest BCUT2D eigenvalue weighted by Crippen LogP contribution is 2.43. The fourth-order valence-corrected chi connectivity index (χ4v) is 4.26. The van der Waals surface area contributed by atoms with Crippen LogP contribution in [-0.4, -0.2) is 23.6 Å². The van der Waals surface area contributed by atoms with Crippen LogP contribution in [0.1, 0.15) is 53.2 Å². The first-order chi connectivity index (χ1) is 14.5. The molecule has 164 valence electrons. The second-order valence-electron chi connectivity index (χ2n) is 8.35. The highest BCUT2D eigenvalue weighted by Gasteiger charge is 2.35. The van der Waals surface area contributed by atoms with Gasteiger partial charge in [0.05, 0.1) is 16.7 Å². The van der Waals surface area contributed by atoms with Crippen molar-refractivity contribution < 1.29 is 28.5 Å². The van der Waals surface area contributed by atoms with Crippen LogP contribution in [0.5, 0.6) is 0 Å². The fourth-order valence-electron chi connectivity index (χ4n) is 3.09. The monoisotopic (exact) mass is 445 g/mol. The van der Waals surface area contributed by atoms with E-state index in [2.05, 4.69) is 4.89 Å². The normalized spacial score (nSPS) is 16.4. The summed E-state index contributed by atoms with van der Waals surface area (Å²) in [5, 5.41) is -0.295. The van der Waals surface area contributed by atoms with Crippen LogP contribution in [0, 0.1) is 25.1 Å². The standard InChI is InChI=1S/C23H24FNO5S/c1-13-14(2)18(11-10-17(13)21(27)29-30-22(28)23(3,4)5)25-19(26)12-31-20(25)15-6-8-16(24)9-7-15/h6-11,20H,12H2,1-5H3. The average Bonchev–Trinajstić information content (AvgIpc) is 3.09. The lowest BCUT2D eigenvalue weighted by Crippen LogP contribution is -2.29. The molecule has 0 saturated carbocycles. The number of amides is 1. The van der Waals surface area contributed by atoms with Gasteiger partial charge >= 0.3 is 11.9 Å². The summed E-state index contributed by atoms with van der Waals surface area (Å²) in [4.78, 5) is 48.0. The van der Waals surface area contributed by atoms with Gasteiger partial charge in [-0.25, -0.2) is 23.8 Å². The molecule has 2 aromatic carbocycles. The van der Waals surface area contributed by atoms with E-state index in [0.29, 0.717) is 17.0 Å². The minimum atomic E-state index is -0.807. The van der Waals surface area contributed by atoms with Crippen LogP contribution in [0.15, 0.2) is 36.4 Å². The summed E-state index contributed by atoms with van der Waals surface area (Å²) >= 11 is 1.46. The number of anilines is 1. The van der Waals surface area contributed by atoms with Crippen LogP contribution >= 0.6 is 11.8 Å².